The van der Waals surface area contributed by atoms with Gasteiger partial charge in [0.25, 0.3) is 0 Å². The molecule has 10 aromatic carbocycles. The van der Waals surface area contributed by atoms with Crippen LogP contribution in [-0.4, -0.2) is 14.5 Å². The Labute approximate surface area is 513 Å². The van der Waals surface area contributed by atoms with Gasteiger partial charge in [-0.1, -0.05) is 214 Å². The van der Waals surface area contributed by atoms with Gasteiger partial charge in [0.15, 0.2) is 0 Å². The Bertz CT molecular complexity index is 4820. The number of benzene rings is 10. The van der Waals surface area contributed by atoms with Gasteiger partial charge in [0.1, 0.15) is 5.58 Å². The molecule has 0 fully saturated rings. The molecule has 3 aromatic heterocycles. The quantitative estimate of drug-likeness (QED) is 0.112. The molecular formula is C78H71IrN3O-2. The standard InChI is InChI=1S/C56H49N2O.C22H22N.Ir/c1-33(2)45-30-40(36-15-10-9-11-16-36)31-46(34(3)4)53(45)58-51-20-13-12-19-50(51)57-55(58)44-18-14-17-43-49-29-39-24-22-37-21-23-38(28-47(37)48(39)32-52(49)59-54(43)44)42-26-25-41(27-35(42)5)56(6,7)8;1-16-10-11-18(14-20(16)17-8-6-5-7-9-17)21-15-19(12-13-23-21)22(2,3)4;/h9-17,19-34H,1-8H3;5-10,12-15H,1-4H3;/q2*-1;/i5D3,26D;1D3;. The molecule has 5 heteroatoms. The maximum atomic E-state index is 9.12. The molecule has 83 heavy (non-hydrogen) atoms. The molecule has 0 spiro atoms. The predicted molar refractivity (Wildman–Crippen MR) is 348 cm³/mol. The Morgan fingerprint density at radius 1 is 0.554 bits per heavy atom. The summed E-state index contributed by atoms with van der Waals surface area (Å²) in [6, 6.07) is 69.8. The van der Waals surface area contributed by atoms with Crippen LogP contribution in [0.2, 0.25) is 0 Å². The zero-order chi connectivity index (χ0) is 63.1. The fraction of sp³-hybridized carbons (Fsp3) is 0.205. The van der Waals surface area contributed by atoms with Crippen molar-refractivity contribution in [3.05, 3.63) is 246 Å². The van der Waals surface area contributed by atoms with E-state index in [1.165, 1.54) is 27.8 Å². The van der Waals surface area contributed by atoms with Crippen LogP contribution in [-0.2, 0) is 30.9 Å². The average molecular weight is 1270 g/mol. The smallest absolute Gasteiger partial charge is 0.121 e. The predicted octanol–water partition coefficient (Wildman–Crippen LogP) is 21.7. The Kier molecular flexibility index (Phi) is 13.1. The number of aryl methyl sites for hydroxylation is 2. The molecule has 0 aliphatic rings. The van der Waals surface area contributed by atoms with Gasteiger partial charge in [0, 0.05) is 45.6 Å². The third-order valence-corrected chi connectivity index (χ3v) is 16.0. The van der Waals surface area contributed by atoms with Gasteiger partial charge in [-0.3, -0.25) is 4.98 Å². The van der Waals surface area contributed by atoms with Crippen molar-refractivity contribution in [1.29, 1.82) is 0 Å². The number of nitrogens with zero attached hydrogens (tertiary/aromatic N) is 3. The molecule has 3 heterocycles. The first-order valence-corrected chi connectivity index (χ1v) is 28.4. The van der Waals surface area contributed by atoms with E-state index in [0.29, 0.717) is 27.8 Å². The molecule has 0 aliphatic heterocycles. The van der Waals surface area contributed by atoms with Crippen LogP contribution in [0.3, 0.4) is 0 Å². The summed E-state index contributed by atoms with van der Waals surface area (Å²) >= 11 is 0. The molecule has 415 valence electrons. The molecule has 13 rings (SSSR count). The first-order valence-electron chi connectivity index (χ1n) is 31.9. The van der Waals surface area contributed by atoms with Crippen molar-refractivity contribution in [3.63, 3.8) is 0 Å². The number of furan rings is 1. The van der Waals surface area contributed by atoms with Gasteiger partial charge in [-0.25, -0.2) is 0 Å². The molecule has 0 atom stereocenters. The fourth-order valence-electron chi connectivity index (χ4n) is 11.4. The topological polar surface area (TPSA) is 43.9 Å². The largest absolute Gasteiger partial charge is 0.501 e. The number of pyridine rings is 1. The zero-order valence-corrected chi connectivity index (χ0v) is 51.1. The molecule has 0 saturated carbocycles. The summed E-state index contributed by atoms with van der Waals surface area (Å²) in [5.74, 6) is 1.21. The van der Waals surface area contributed by atoms with E-state index in [1.54, 1.807) is 18.3 Å². The van der Waals surface area contributed by atoms with E-state index in [9.17, 15) is 0 Å². The molecule has 1 radical (unpaired) electrons. The van der Waals surface area contributed by atoms with E-state index >= 15 is 0 Å². The monoisotopic (exact) mass is 1270 g/mol. The zero-order valence-electron chi connectivity index (χ0n) is 55.7. The van der Waals surface area contributed by atoms with Crippen LogP contribution >= 0.6 is 0 Å². The number of imidazole rings is 1. The molecular weight excluding hydrogens is 1190 g/mol. The van der Waals surface area contributed by atoms with Crippen LogP contribution in [0.5, 0.6) is 0 Å². The maximum absolute atomic E-state index is 9.12. The Hall–Kier alpha value is -8.21. The summed E-state index contributed by atoms with van der Waals surface area (Å²) in [5, 5.41) is 5.94. The third-order valence-electron chi connectivity index (χ3n) is 16.0. The number of para-hydroxylation sites is 2. The molecule has 0 aliphatic carbocycles. The van der Waals surface area contributed by atoms with E-state index in [-0.39, 0.29) is 54.4 Å². The van der Waals surface area contributed by atoms with Gasteiger partial charge in [0.2, 0.25) is 0 Å². The van der Waals surface area contributed by atoms with Crippen LogP contribution in [0.15, 0.2) is 205 Å². The van der Waals surface area contributed by atoms with E-state index in [1.807, 2.05) is 99.6 Å². The van der Waals surface area contributed by atoms with Crippen molar-refractivity contribution in [2.75, 3.05) is 0 Å². The SMILES string of the molecule is [2H]C([2H])([2H])c1c[c-]c(-c2cc(C(C)(C)C)ccn2)cc1-c1ccccc1.[2H]c1cc(C(C)(C)C)cc(C([2H])([2H])[2H])c1-c1ccc2ccc3cc4c(cc3c2c1)oc1c(-c2nc3ccccc3n2-c2c(C(C)C)cc(-c3ccccc3)cc2C(C)C)[c-]ccc14.[Ir]. The minimum atomic E-state index is -2.39. The van der Waals surface area contributed by atoms with Crippen molar-refractivity contribution in [2.24, 2.45) is 0 Å². The fourth-order valence-corrected chi connectivity index (χ4v) is 11.4. The van der Waals surface area contributed by atoms with E-state index in [0.717, 1.165) is 88.4 Å². The number of hydrogen-bond donors (Lipinski definition) is 0. The van der Waals surface area contributed by atoms with Gasteiger partial charge in [-0.2, -0.15) is 0 Å². The Morgan fingerprint density at radius 2 is 1.20 bits per heavy atom. The van der Waals surface area contributed by atoms with Crippen molar-refractivity contribution in [2.45, 2.75) is 106 Å². The number of rotatable bonds is 8. The summed E-state index contributed by atoms with van der Waals surface area (Å²) in [6.45, 7) is 17.1. The molecule has 0 unspecified atom stereocenters. The van der Waals surface area contributed by atoms with E-state index in [4.69, 9.17) is 19.0 Å². The van der Waals surface area contributed by atoms with Crippen LogP contribution in [0.4, 0.5) is 0 Å². The van der Waals surface area contributed by atoms with Crippen molar-refractivity contribution >= 4 is 54.5 Å². The molecule has 0 N–H and O–H groups in total. The summed E-state index contributed by atoms with van der Waals surface area (Å²) in [5.41, 5.74) is 16.7. The van der Waals surface area contributed by atoms with Crippen molar-refractivity contribution < 1.29 is 34.1 Å². The maximum Gasteiger partial charge on any atom is 0.121 e. The molecule has 4 nitrogen and oxygen atoms in total. The second-order valence-electron chi connectivity index (χ2n) is 24.4. The second-order valence-corrected chi connectivity index (χ2v) is 24.4. The van der Waals surface area contributed by atoms with Gasteiger partial charge in [-0.05, 0) is 161 Å². The molecule has 13 aromatic rings. The minimum absolute atomic E-state index is 0. The van der Waals surface area contributed by atoms with Crippen LogP contribution < -0.4 is 0 Å². The minimum Gasteiger partial charge on any atom is -0.501 e. The summed E-state index contributed by atoms with van der Waals surface area (Å²) in [6.07, 6.45) is 1.80. The van der Waals surface area contributed by atoms with Crippen molar-refractivity contribution in [1.82, 2.24) is 14.5 Å². The molecule has 0 bridgehead atoms. The summed E-state index contributed by atoms with van der Waals surface area (Å²) < 4.78 is 67.5. The summed E-state index contributed by atoms with van der Waals surface area (Å²) in [4.78, 5) is 9.84. The van der Waals surface area contributed by atoms with E-state index in [2.05, 4.69) is 167 Å². The molecule has 0 saturated heterocycles. The van der Waals surface area contributed by atoms with Gasteiger partial charge in [0.05, 0.1) is 23.8 Å². The van der Waals surface area contributed by atoms with Gasteiger partial charge < -0.3 is 14.0 Å². The van der Waals surface area contributed by atoms with Gasteiger partial charge in [-0.15, -0.1) is 47.5 Å². The Balaban J connectivity index is 0.000000259. The Morgan fingerprint density at radius 3 is 1.90 bits per heavy atom. The van der Waals surface area contributed by atoms with Crippen molar-refractivity contribution in [3.8, 4) is 61.7 Å². The first kappa shape index (κ1) is 48.3. The third kappa shape index (κ3) is 10.9. The molecule has 0 amide bonds. The number of aromatic nitrogens is 3. The van der Waals surface area contributed by atoms with E-state index < -0.39 is 13.7 Å². The van der Waals surface area contributed by atoms with Crippen LogP contribution in [0.25, 0.3) is 116 Å². The first-order chi connectivity index (χ1) is 42.2. The van der Waals surface area contributed by atoms with Crippen LogP contribution in [0.1, 0.15) is 124 Å². The number of hydrogen-bond acceptors (Lipinski definition) is 3. The second kappa shape index (κ2) is 22.5. The summed E-state index contributed by atoms with van der Waals surface area (Å²) in [7, 11) is 0. The van der Waals surface area contributed by atoms with Gasteiger partial charge >= 0.3 is 0 Å². The van der Waals surface area contributed by atoms with Crippen LogP contribution in [0, 0.1) is 25.8 Å². The number of fused-ring (bicyclic) bond motifs is 7. The average Bonchev–Trinajstić information content (AvgIpc) is 1.52. The normalized spacial score (nSPS) is 13.5.